The van der Waals surface area contributed by atoms with Crippen LogP contribution in [0.25, 0.3) is 22.4 Å². The van der Waals surface area contributed by atoms with E-state index in [1.54, 1.807) is 6.07 Å². The molecule has 2 aromatic carbocycles. The molecule has 2 aliphatic heterocycles. The molecule has 0 bridgehead atoms. The number of anilines is 1. The summed E-state index contributed by atoms with van der Waals surface area (Å²) in [7, 11) is 2.18. The van der Waals surface area contributed by atoms with Gasteiger partial charge in [0.15, 0.2) is 11.5 Å². The maximum Gasteiger partial charge on any atom is 0.231 e. The minimum Gasteiger partial charge on any atom is -0.507 e. The number of pyridine rings is 1. The van der Waals surface area contributed by atoms with E-state index in [1.165, 1.54) is 0 Å². The third-order valence-electron chi connectivity index (χ3n) is 6.27. The number of para-hydroxylation sites is 2. The third kappa shape index (κ3) is 4.89. The van der Waals surface area contributed by atoms with Crippen LogP contribution in [0.4, 0.5) is 5.82 Å². The average Bonchev–Trinajstić information content (AvgIpc) is 3.32. The smallest absolute Gasteiger partial charge is 0.231 e. The van der Waals surface area contributed by atoms with Crippen LogP contribution in [0.15, 0.2) is 54.6 Å². The van der Waals surface area contributed by atoms with Crippen LogP contribution in [-0.4, -0.2) is 73.0 Å². The molecule has 2 aliphatic rings. The van der Waals surface area contributed by atoms with E-state index in [0.29, 0.717) is 11.3 Å². The fourth-order valence-electron chi connectivity index (χ4n) is 4.35. The first-order chi connectivity index (χ1) is 16.2. The van der Waals surface area contributed by atoms with E-state index in [1.807, 2.05) is 48.5 Å². The normalized spacial score (nSPS) is 16.2. The van der Waals surface area contributed by atoms with E-state index in [9.17, 15) is 5.11 Å². The Kier molecular flexibility index (Phi) is 6.32. The van der Waals surface area contributed by atoms with Gasteiger partial charge in [-0.15, -0.1) is 0 Å². The van der Waals surface area contributed by atoms with Gasteiger partial charge in [-0.2, -0.15) is 0 Å². The van der Waals surface area contributed by atoms with Crippen molar-refractivity contribution in [1.82, 2.24) is 14.8 Å². The number of hydrogen-bond donors (Lipinski definition) is 2. The van der Waals surface area contributed by atoms with Gasteiger partial charge in [-0.25, -0.2) is 4.98 Å². The highest BCUT2D eigenvalue weighted by Gasteiger charge is 2.20. The Morgan fingerprint density at radius 2 is 1.79 bits per heavy atom. The lowest BCUT2D eigenvalue weighted by molar-refractivity contribution is 0.154. The van der Waals surface area contributed by atoms with Gasteiger partial charge in [-0.3, -0.25) is 0 Å². The number of nitrogens with one attached hydrogen (secondary N) is 1. The average molecular weight is 447 g/mol. The highest BCUT2D eigenvalue weighted by Crippen LogP contribution is 2.42. The van der Waals surface area contributed by atoms with Crippen molar-refractivity contribution >= 4 is 5.82 Å². The summed E-state index contributed by atoms with van der Waals surface area (Å²) >= 11 is 0. The third-order valence-corrected chi connectivity index (χ3v) is 6.27. The zero-order chi connectivity index (χ0) is 22.6. The van der Waals surface area contributed by atoms with E-state index < -0.39 is 0 Å². The Balaban J connectivity index is 1.38. The van der Waals surface area contributed by atoms with Gasteiger partial charge in [-0.1, -0.05) is 24.3 Å². The molecule has 1 aromatic heterocycles. The van der Waals surface area contributed by atoms with Crippen molar-refractivity contribution < 1.29 is 14.6 Å². The van der Waals surface area contributed by atoms with Gasteiger partial charge in [0.1, 0.15) is 11.6 Å². The van der Waals surface area contributed by atoms with Crippen LogP contribution >= 0.6 is 0 Å². The predicted octanol–water partition coefficient (Wildman–Crippen LogP) is 3.90. The Labute approximate surface area is 194 Å². The number of aromatic nitrogens is 1. The fraction of sp³-hybridized carbons (Fsp3) is 0.346. The molecule has 7 heteroatoms. The molecule has 0 unspecified atom stereocenters. The molecule has 2 N–H and O–H groups in total. The van der Waals surface area contributed by atoms with Crippen molar-refractivity contribution in [2.45, 2.75) is 6.42 Å². The molecule has 0 saturated carbocycles. The Morgan fingerprint density at radius 3 is 2.64 bits per heavy atom. The number of ether oxygens (including phenoxy) is 2. The molecular weight excluding hydrogens is 416 g/mol. The van der Waals surface area contributed by atoms with Crippen LogP contribution in [-0.2, 0) is 0 Å². The number of fused-ring (bicyclic) bond motifs is 1. The predicted molar refractivity (Wildman–Crippen MR) is 130 cm³/mol. The van der Waals surface area contributed by atoms with Gasteiger partial charge in [-0.05, 0) is 55.9 Å². The zero-order valence-corrected chi connectivity index (χ0v) is 19.0. The largest absolute Gasteiger partial charge is 0.507 e. The summed E-state index contributed by atoms with van der Waals surface area (Å²) in [6, 6.07) is 17.2. The summed E-state index contributed by atoms with van der Waals surface area (Å²) in [5.41, 5.74) is 3.32. The van der Waals surface area contributed by atoms with E-state index in [4.69, 9.17) is 14.5 Å². The molecule has 0 amide bonds. The van der Waals surface area contributed by atoms with E-state index in [0.717, 1.165) is 74.1 Å². The lowest BCUT2D eigenvalue weighted by atomic mass is 10.0. The molecule has 5 rings (SSSR count). The number of nitrogens with zero attached hydrogens (tertiary/aromatic N) is 3. The van der Waals surface area contributed by atoms with Crippen LogP contribution in [0.1, 0.15) is 6.42 Å². The van der Waals surface area contributed by atoms with E-state index in [-0.39, 0.29) is 12.5 Å². The molecule has 1 fully saturated rings. The van der Waals surface area contributed by atoms with Crippen molar-refractivity contribution in [2.24, 2.45) is 0 Å². The van der Waals surface area contributed by atoms with Gasteiger partial charge in [0.2, 0.25) is 6.79 Å². The molecule has 172 valence electrons. The lowest BCUT2D eigenvalue weighted by Gasteiger charge is -2.32. The first kappa shape index (κ1) is 21.6. The summed E-state index contributed by atoms with van der Waals surface area (Å²) in [6.45, 7) is 6.65. The maximum absolute atomic E-state index is 10.4. The van der Waals surface area contributed by atoms with Crippen molar-refractivity contribution in [2.75, 3.05) is 58.4 Å². The molecule has 0 spiro atoms. The molecule has 3 aromatic rings. The maximum atomic E-state index is 10.4. The van der Waals surface area contributed by atoms with Crippen molar-refractivity contribution in [3.8, 4) is 39.6 Å². The first-order valence-electron chi connectivity index (χ1n) is 11.5. The molecule has 33 heavy (non-hydrogen) atoms. The topological polar surface area (TPSA) is 70.1 Å². The van der Waals surface area contributed by atoms with Crippen LogP contribution in [0.2, 0.25) is 0 Å². The molecule has 3 heterocycles. The second-order valence-corrected chi connectivity index (χ2v) is 8.61. The van der Waals surface area contributed by atoms with E-state index in [2.05, 4.69) is 22.2 Å². The van der Waals surface area contributed by atoms with Crippen LogP contribution < -0.4 is 14.8 Å². The van der Waals surface area contributed by atoms with Crippen LogP contribution in [0.5, 0.6) is 17.2 Å². The second-order valence-electron chi connectivity index (χ2n) is 8.61. The summed E-state index contributed by atoms with van der Waals surface area (Å²) in [4.78, 5) is 9.71. The molecule has 0 atom stereocenters. The molecule has 0 aliphatic carbocycles. The summed E-state index contributed by atoms with van der Waals surface area (Å²) < 4.78 is 11.3. The molecule has 0 radical (unpaired) electrons. The van der Waals surface area contributed by atoms with Crippen LogP contribution in [0.3, 0.4) is 0 Å². The van der Waals surface area contributed by atoms with Crippen molar-refractivity contribution in [3.63, 3.8) is 0 Å². The minimum atomic E-state index is 0.209. The Hall–Kier alpha value is -3.29. The zero-order valence-electron chi connectivity index (χ0n) is 19.0. The number of phenols is 1. The monoisotopic (exact) mass is 446 g/mol. The molecular formula is C26H30N4O3. The molecule has 1 saturated heterocycles. The second kappa shape index (κ2) is 9.68. The Bertz CT molecular complexity index is 1110. The lowest BCUT2D eigenvalue weighted by Crippen LogP contribution is -2.44. The van der Waals surface area contributed by atoms with Gasteiger partial charge in [0.05, 0.1) is 5.69 Å². The van der Waals surface area contributed by atoms with Gasteiger partial charge >= 0.3 is 0 Å². The quantitative estimate of drug-likeness (QED) is 0.534. The number of rotatable bonds is 7. The minimum absolute atomic E-state index is 0.209. The highest BCUT2D eigenvalue weighted by molar-refractivity contribution is 5.80. The number of aromatic hydroxyl groups is 1. The van der Waals surface area contributed by atoms with E-state index >= 15 is 0 Å². The highest BCUT2D eigenvalue weighted by atomic mass is 16.7. The fourth-order valence-corrected chi connectivity index (χ4v) is 4.35. The number of benzene rings is 2. The number of likely N-dealkylation sites (N-methyl/N-ethyl adjacent to an activating group) is 1. The van der Waals surface area contributed by atoms with Gasteiger partial charge < -0.3 is 29.7 Å². The summed E-state index contributed by atoms with van der Waals surface area (Å²) in [5, 5.41) is 13.9. The first-order valence-corrected chi connectivity index (χ1v) is 11.5. The van der Waals surface area contributed by atoms with Crippen molar-refractivity contribution in [3.05, 3.63) is 54.6 Å². The molecule has 7 nitrogen and oxygen atoms in total. The SMILES string of the molecule is CN1CCN(CCCNc2cc(-c3cccc4c3OCO4)cc(-c3ccccc3O)n2)CC1. The summed E-state index contributed by atoms with van der Waals surface area (Å²) in [6.07, 6.45) is 1.04. The van der Waals surface area contributed by atoms with Gasteiger partial charge in [0, 0.05) is 43.9 Å². The standard InChI is InChI=1S/C26H30N4O3/c1-29-12-14-30(15-13-29)11-5-10-27-25-17-19(20-7-4-9-24-26(20)33-18-32-24)16-22(28-25)21-6-2-3-8-23(21)31/h2-4,6-9,16-17,31H,5,10-15,18H2,1H3,(H,27,28). The Morgan fingerprint density at radius 1 is 0.970 bits per heavy atom. The van der Waals surface area contributed by atoms with Crippen molar-refractivity contribution in [1.29, 1.82) is 0 Å². The van der Waals surface area contributed by atoms with Gasteiger partial charge in [0.25, 0.3) is 0 Å². The number of hydrogen-bond acceptors (Lipinski definition) is 7. The number of phenolic OH excluding ortho intramolecular Hbond substituents is 1. The number of piperazine rings is 1. The summed E-state index contributed by atoms with van der Waals surface area (Å²) in [5.74, 6) is 2.48. The van der Waals surface area contributed by atoms with Crippen LogP contribution in [0, 0.1) is 0 Å².